The van der Waals surface area contributed by atoms with E-state index in [0.29, 0.717) is 13.2 Å². The Morgan fingerprint density at radius 1 is 1.03 bits per heavy atom. The monoisotopic (exact) mass is 552 g/mol. The summed E-state index contributed by atoms with van der Waals surface area (Å²) < 4.78 is 5.73. The Hall–Kier alpha value is -1.84. The highest BCUT2D eigenvalue weighted by atomic mass is 127. The SMILES string of the molecule is CCNC(=NCc1ccc(CN2CCC(O)CC2)cc1)NCCCOc1ccccc1.I. The molecule has 1 saturated heterocycles. The lowest BCUT2D eigenvalue weighted by molar-refractivity contribution is 0.0792. The van der Waals surface area contributed by atoms with Crippen LogP contribution in [0.25, 0.3) is 0 Å². The summed E-state index contributed by atoms with van der Waals surface area (Å²) in [5.41, 5.74) is 2.51. The maximum atomic E-state index is 9.64. The largest absolute Gasteiger partial charge is 0.494 e. The zero-order valence-electron chi connectivity index (χ0n) is 19.0. The van der Waals surface area contributed by atoms with E-state index in [1.807, 2.05) is 30.3 Å². The fourth-order valence-electron chi connectivity index (χ4n) is 3.58. The van der Waals surface area contributed by atoms with Gasteiger partial charge in [-0.2, -0.15) is 0 Å². The number of hydrogen-bond donors (Lipinski definition) is 3. The summed E-state index contributed by atoms with van der Waals surface area (Å²) >= 11 is 0. The van der Waals surface area contributed by atoms with Crippen molar-refractivity contribution in [3.05, 3.63) is 65.7 Å². The van der Waals surface area contributed by atoms with E-state index < -0.39 is 0 Å². The van der Waals surface area contributed by atoms with Crippen molar-refractivity contribution in [1.29, 1.82) is 0 Å². The van der Waals surface area contributed by atoms with E-state index in [0.717, 1.165) is 63.7 Å². The van der Waals surface area contributed by atoms with Crippen LogP contribution in [0.4, 0.5) is 0 Å². The minimum atomic E-state index is -0.118. The predicted octanol–water partition coefficient (Wildman–Crippen LogP) is 3.79. The van der Waals surface area contributed by atoms with Crippen molar-refractivity contribution < 1.29 is 9.84 Å². The molecule has 0 unspecified atom stereocenters. The molecule has 1 heterocycles. The number of benzene rings is 2. The lowest BCUT2D eigenvalue weighted by Crippen LogP contribution is -2.38. The Morgan fingerprint density at radius 2 is 1.72 bits per heavy atom. The molecule has 0 saturated carbocycles. The van der Waals surface area contributed by atoms with Gasteiger partial charge >= 0.3 is 0 Å². The normalized spacial score (nSPS) is 15.1. The third kappa shape index (κ3) is 9.75. The van der Waals surface area contributed by atoms with Gasteiger partial charge in [-0.3, -0.25) is 4.90 Å². The third-order valence-corrected chi connectivity index (χ3v) is 5.38. The summed E-state index contributed by atoms with van der Waals surface area (Å²) in [6, 6.07) is 18.6. The Balaban J connectivity index is 0.00000363. The molecule has 32 heavy (non-hydrogen) atoms. The molecule has 0 amide bonds. The number of guanidine groups is 1. The van der Waals surface area contributed by atoms with Crippen molar-refractivity contribution in [1.82, 2.24) is 15.5 Å². The van der Waals surface area contributed by atoms with Gasteiger partial charge in [0.05, 0.1) is 19.3 Å². The first kappa shape index (κ1) is 26.4. The molecule has 0 aliphatic carbocycles. The van der Waals surface area contributed by atoms with E-state index in [4.69, 9.17) is 9.73 Å². The summed E-state index contributed by atoms with van der Waals surface area (Å²) in [6.45, 7) is 7.93. The fraction of sp³-hybridized carbons (Fsp3) is 0.480. The summed E-state index contributed by atoms with van der Waals surface area (Å²) in [4.78, 5) is 7.12. The summed E-state index contributed by atoms with van der Waals surface area (Å²) in [5.74, 6) is 1.74. The summed E-state index contributed by atoms with van der Waals surface area (Å²) in [5, 5.41) is 16.3. The molecular formula is C25H37IN4O2. The lowest BCUT2D eigenvalue weighted by Gasteiger charge is -2.29. The number of aliphatic hydroxyl groups is 1. The van der Waals surface area contributed by atoms with Gasteiger partial charge in [0, 0.05) is 32.7 Å². The van der Waals surface area contributed by atoms with Crippen LogP contribution in [-0.2, 0) is 13.1 Å². The standard InChI is InChI=1S/C25H36N4O2.HI/c1-2-26-25(27-15-6-18-31-24-7-4-3-5-8-24)28-19-21-9-11-22(12-10-21)20-29-16-13-23(30)14-17-29;/h3-5,7-12,23,30H,2,6,13-20H2,1H3,(H2,26,27,28);1H. The van der Waals surface area contributed by atoms with Crippen molar-refractivity contribution in [3.8, 4) is 5.75 Å². The average molecular weight is 553 g/mol. The Kier molecular flexibility index (Phi) is 12.4. The molecule has 0 radical (unpaired) electrons. The van der Waals surface area contributed by atoms with Crippen LogP contribution in [0.5, 0.6) is 5.75 Å². The highest BCUT2D eigenvalue weighted by molar-refractivity contribution is 14.0. The second-order valence-corrected chi connectivity index (χ2v) is 7.96. The number of piperidine rings is 1. The van der Waals surface area contributed by atoms with Crippen LogP contribution >= 0.6 is 24.0 Å². The van der Waals surface area contributed by atoms with Crippen molar-refractivity contribution in [3.63, 3.8) is 0 Å². The van der Waals surface area contributed by atoms with E-state index in [1.54, 1.807) is 0 Å². The van der Waals surface area contributed by atoms with Gasteiger partial charge in [-0.25, -0.2) is 4.99 Å². The van der Waals surface area contributed by atoms with Gasteiger partial charge in [-0.05, 0) is 49.4 Å². The van der Waals surface area contributed by atoms with Crippen molar-refractivity contribution in [2.75, 3.05) is 32.8 Å². The van der Waals surface area contributed by atoms with E-state index in [9.17, 15) is 5.11 Å². The maximum Gasteiger partial charge on any atom is 0.191 e. The molecular weight excluding hydrogens is 515 g/mol. The van der Waals surface area contributed by atoms with Gasteiger partial charge in [0.25, 0.3) is 0 Å². The molecule has 0 bridgehead atoms. The van der Waals surface area contributed by atoms with E-state index in [2.05, 4.69) is 46.7 Å². The first-order valence-electron chi connectivity index (χ1n) is 11.4. The number of nitrogens with zero attached hydrogens (tertiary/aromatic N) is 2. The number of para-hydroxylation sites is 1. The minimum Gasteiger partial charge on any atom is -0.494 e. The quantitative estimate of drug-likeness (QED) is 0.181. The molecule has 1 aliphatic heterocycles. The van der Waals surface area contributed by atoms with E-state index in [1.165, 1.54) is 11.1 Å². The molecule has 2 aromatic rings. The molecule has 3 rings (SSSR count). The van der Waals surface area contributed by atoms with Gasteiger partial charge in [0.15, 0.2) is 5.96 Å². The molecule has 0 atom stereocenters. The van der Waals surface area contributed by atoms with E-state index >= 15 is 0 Å². The Labute approximate surface area is 209 Å². The molecule has 1 aliphatic rings. The predicted molar refractivity (Wildman–Crippen MR) is 142 cm³/mol. The average Bonchev–Trinajstić information content (AvgIpc) is 2.80. The second-order valence-electron chi connectivity index (χ2n) is 7.96. The topological polar surface area (TPSA) is 69.1 Å². The van der Waals surface area contributed by atoms with E-state index in [-0.39, 0.29) is 30.1 Å². The first-order chi connectivity index (χ1) is 15.2. The summed E-state index contributed by atoms with van der Waals surface area (Å²) in [7, 11) is 0. The minimum absolute atomic E-state index is 0. The Morgan fingerprint density at radius 3 is 2.41 bits per heavy atom. The molecule has 0 aromatic heterocycles. The van der Waals surface area contributed by atoms with Gasteiger partial charge in [-0.15, -0.1) is 24.0 Å². The van der Waals surface area contributed by atoms with Crippen molar-refractivity contribution in [2.45, 2.75) is 45.4 Å². The number of nitrogens with one attached hydrogen (secondary N) is 2. The van der Waals surface area contributed by atoms with Crippen LogP contribution in [0.2, 0.25) is 0 Å². The number of aliphatic imine (C=N–C) groups is 1. The molecule has 1 fully saturated rings. The zero-order chi connectivity index (χ0) is 21.7. The third-order valence-electron chi connectivity index (χ3n) is 5.38. The number of halogens is 1. The van der Waals surface area contributed by atoms with Crippen LogP contribution in [-0.4, -0.2) is 54.9 Å². The van der Waals surface area contributed by atoms with Crippen LogP contribution in [0, 0.1) is 0 Å². The molecule has 7 heteroatoms. The van der Waals surface area contributed by atoms with Crippen LogP contribution in [0.15, 0.2) is 59.6 Å². The van der Waals surface area contributed by atoms with Gasteiger partial charge in [-0.1, -0.05) is 42.5 Å². The molecule has 0 spiro atoms. The van der Waals surface area contributed by atoms with Crippen LogP contribution in [0.3, 0.4) is 0 Å². The maximum absolute atomic E-state index is 9.64. The smallest absolute Gasteiger partial charge is 0.191 e. The van der Waals surface area contributed by atoms with Crippen LogP contribution < -0.4 is 15.4 Å². The first-order valence-corrected chi connectivity index (χ1v) is 11.4. The molecule has 3 N–H and O–H groups in total. The van der Waals surface area contributed by atoms with Gasteiger partial charge in [0.1, 0.15) is 5.75 Å². The number of hydrogen-bond acceptors (Lipinski definition) is 4. The van der Waals surface area contributed by atoms with Crippen molar-refractivity contribution >= 4 is 29.9 Å². The Bertz CT molecular complexity index is 778. The number of aliphatic hydroxyl groups excluding tert-OH is 1. The lowest BCUT2D eigenvalue weighted by atomic mass is 10.1. The second kappa shape index (κ2) is 15.1. The van der Waals surface area contributed by atoms with Gasteiger partial charge in [0.2, 0.25) is 0 Å². The highest BCUT2D eigenvalue weighted by Gasteiger charge is 2.16. The summed E-state index contributed by atoms with van der Waals surface area (Å²) in [6.07, 6.45) is 2.55. The molecule has 2 aromatic carbocycles. The van der Waals surface area contributed by atoms with Crippen LogP contribution in [0.1, 0.15) is 37.3 Å². The molecule has 6 nitrogen and oxygen atoms in total. The highest BCUT2D eigenvalue weighted by Crippen LogP contribution is 2.14. The number of ether oxygens (including phenoxy) is 1. The molecule has 176 valence electrons. The van der Waals surface area contributed by atoms with Crippen molar-refractivity contribution in [2.24, 2.45) is 4.99 Å². The number of rotatable bonds is 10. The zero-order valence-corrected chi connectivity index (χ0v) is 21.3. The van der Waals surface area contributed by atoms with Gasteiger partial charge < -0.3 is 20.5 Å². The number of likely N-dealkylation sites (tertiary alicyclic amines) is 1. The fourth-order valence-corrected chi connectivity index (χ4v) is 3.58.